The van der Waals surface area contributed by atoms with Crippen molar-refractivity contribution >= 4 is 21.4 Å². The molecule has 1 aromatic rings. The van der Waals surface area contributed by atoms with E-state index in [9.17, 15) is 8.42 Å². The summed E-state index contributed by atoms with van der Waals surface area (Å²) < 4.78 is 27.8. The molecule has 0 aliphatic heterocycles. The average Bonchev–Trinajstić information content (AvgIpc) is 2.71. The number of nitrogens with one attached hydrogen (secondary N) is 2. The third-order valence-electron chi connectivity index (χ3n) is 3.44. The molecule has 1 rings (SSSR count). The van der Waals surface area contributed by atoms with Crippen LogP contribution in [-0.4, -0.2) is 21.5 Å². The molecule has 0 fully saturated rings. The zero-order valence-electron chi connectivity index (χ0n) is 12.3. The van der Waals surface area contributed by atoms with Gasteiger partial charge in [0.1, 0.15) is 4.21 Å². The Balaban J connectivity index is 2.91. The number of thiophene rings is 1. The number of rotatable bonds is 7. The molecule has 0 radical (unpaired) electrons. The van der Waals surface area contributed by atoms with E-state index in [2.05, 4.69) is 23.9 Å². The van der Waals surface area contributed by atoms with Gasteiger partial charge in [0.15, 0.2) is 0 Å². The summed E-state index contributed by atoms with van der Waals surface area (Å²) in [7, 11) is -1.54. The molecule has 0 aromatic carbocycles. The summed E-state index contributed by atoms with van der Waals surface area (Å²) in [6, 6.07) is 1.70. The maximum Gasteiger partial charge on any atom is 0.250 e. The van der Waals surface area contributed by atoms with Gasteiger partial charge in [0.2, 0.25) is 10.0 Å². The largest absolute Gasteiger partial charge is 0.315 e. The Morgan fingerprint density at radius 3 is 2.53 bits per heavy atom. The Hall–Kier alpha value is -0.430. The van der Waals surface area contributed by atoms with Crippen LogP contribution in [0.15, 0.2) is 10.3 Å². The van der Waals surface area contributed by atoms with E-state index in [1.165, 1.54) is 11.3 Å². The molecule has 0 aliphatic carbocycles. The summed E-state index contributed by atoms with van der Waals surface area (Å²) in [4.78, 5) is 1.07. The van der Waals surface area contributed by atoms with Crippen LogP contribution in [-0.2, 0) is 16.6 Å². The van der Waals surface area contributed by atoms with Crippen molar-refractivity contribution in [2.75, 3.05) is 7.05 Å². The molecule has 19 heavy (non-hydrogen) atoms. The van der Waals surface area contributed by atoms with Crippen LogP contribution in [0.3, 0.4) is 0 Å². The number of hydrogen-bond donors (Lipinski definition) is 2. The molecule has 0 spiro atoms. The van der Waals surface area contributed by atoms with Gasteiger partial charge in [-0.3, -0.25) is 0 Å². The lowest BCUT2D eigenvalue weighted by atomic mass is 10.0. The van der Waals surface area contributed by atoms with Crippen LogP contribution in [0.1, 0.15) is 37.6 Å². The molecule has 6 heteroatoms. The van der Waals surface area contributed by atoms with Gasteiger partial charge in [0.25, 0.3) is 0 Å². The summed E-state index contributed by atoms with van der Waals surface area (Å²) >= 11 is 1.34. The highest BCUT2D eigenvalue weighted by atomic mass is 32.2. The summed E-state index contributed by atoms with van der Waals surface area (Å²) in [6.45, 7) is 8.68. The van der Waals surface area contributed by atoms with E-state index in [1.54, 1.807) is 6.07 Å². The fraction of sp³-hybridized carbons (Fsp3) is 0.692. The number of aryl methyl sites for hydroxylation is 1. The zero-order chi connectivity index (χ0) is 14.6. The minimum atomic E-state index is -3.39. The topological polar surface area (TPSA) is 58.2 Å². The Bertz CT molecular complexity index is 509. The molecule has 4 nitrogen and oxygen atoms in total. The van der Waals surface area contributed by atoms with Crippen molar-refractivity contribution in [3.8, 4) is 0 Å². The third-order valence-corrected chi connectivity index (χ3v) is 6.71. The fourth-order valence-electron chi connectivity index (χ4n) is 1.73. The van der Waals surface area contributed by atoms with Gasteiger partial charge in [-0.05, 0) is 38.4 Å². The molecular formula is C13H24N2O2S2. The molecule has 1 aromatic heterocycles. The van der Waals surface area contributed by atoms with Crippen molar-refractivity contribution in [1.82, 2.24) is 10.0 Å². The van der Waals surface area contributed by atoms with Gasteiger partial charge in [-0.2, -0.15) is 0 Å². The second-order valence-electron chi connectivity index (χ2n) is 5.00. The van der Waals surface area contributed by atoms with Gasteiger partial charge in [-0.25, -0.2) is 13.1 Å². The smallest absolute Gasteiger partial charge is 0.250 e. The molecule has 0 amide bonds. The molecule has 0 aliphatic rings. The zero-order valence-corrected chi connectivity index (χ0v) is 13.9. The molecule has 0 saturated carbocycles. The van der Waals surface area contributed by atoms with Gasteiger partial charge in [-0.15, -0.1) is 11.3 Å². The Morgan fingerprint density at radius 2 is 2.00 bits per heavy atom. The first-order chi connectivity index (χ1) is 8.81. The predicted octanol–water partition coefficient (Wildman–Crippen LogP) is 2.49. The standard InChI is InChI=1S/C13H24N2O2S2/c1-6-9(2)11(4)15-19(16,17)13-7-10(3)12(18-13)8-14-5/h7,9,11,14-15H,6,8H2,1-5H3. The van der Waals surface area contributed by atoms with Gasteiger partial charge in [-0.1, -0.05) is 20.3 Å². The van der Waals surface area contributed by atoms with Crippen molar-refractivity contribution in [2.45, 2.75) is 50.9 Å². The predicted molar refractivity (Wildman–Crippen MR) is 81.1 cm³/mol. The third kappa shape index (κ3) is 4.27. The van der Waals surface area contributed by atoms with E-state index in [4.69, 9.17) is 0 Å². The minimum absolute atomic E-state index is 0.0508. The second-order valence-corrected chi connectivity index (χ2v) is 8.08. The van der Waals surface area contributed by atoms with Gasteiger partial charge in [0.05, 0.1) is 0 Å². The van der Waals surface area contributed by atoms with E-state index in [-0.39, 0.29) is 6.04 Å². The number of hydrogen-bond acceptors (Lipinski definition) is 4. The van der Waals surface area contributed by atoms with Gasteiger partial charge >= 0.3 is 0 Å². The first-order valence-corrected chi connectivity index (χ1v) is 8.88. The number of sulfonamides is 1. The van der Waals surface area contributed by atoms with Crippen LogP contribution in [0.4, 0.5) is 0 Å². The average molecular weight is 304 g/mol. The highest BCUT2D eigenvalue weighted by molar-refractivity contribution is 7.91. The molecule has 0 saturated heterocycles. The molecule has 2 unspecified atom stereocenters. The van der Waals surface area contributed by atoms with Gasteiger partial charge < -0.3 is 5.32 Å². The van der Waals surface area contributed by atoms with E-state index < -0.39 is 10.0 Å². The highest BCUT2D eigenvalue weighted by Gasteiger charge is 2.23. The second kappa shape index (κ2) is 6.83. The van der Waals surface area contributed by atoms with E-state index >= 15 is 0 Å². The van der Waals surface area contributed by atoms with E-state index in [0.717, 1.165) is 16.9 Å². The van der Waals surface area contributed by atoms with E-state index in [0.29, 0.717) is 16.7 Å². The van der Waals surface area contributed by atoms with Crippen LogP contribution in [0.25, 0.3) is 0 Å². The lowest BCUT2D eigenvalue weighted by Crippen LogP contribution is -2.36. The summed E-state index contributed by atoms with van der Waals surface area (Å²) in [5, 5.41) is 3.05. The van der Waals surface area contributed by atoms with Crippen LogP contribution < -0.4 is 10.0 Å². The lowest BCUT2D eigenvalue weighted by molar-refractivity contribution is 0.434. The molecule has 2 N–H and O–H groups in total. The lowest BCUT2D eigenvalue weighted by Gasteiger charge is -2.19. The van der Waals surface area contributed by atoms with Crippen LogP contribution in [0.5, 0.6) is 0 Å². The van der Waals surface area contributed by atoms with Crippen molar-refractivity contribution in [3.63, 3.8) is 0 Å². The minimum Gasteiger partial charge on any atom is -0.315 e. The highest BCUT2D eigenvalue weighted by Crippen LogP contribution is 2.26. The van der Waals surface area contributed by atoms with Crippen LogP contribution in [0.2, 0.25) is 0 Å². The van der Waals surface area contributed by atoms with Crippen molar-refractivity contribution in [3.05, 3.63) is 16.5 Å². The van der Waals surface area contributed by atoms with Gasteiger partial charge in [0, 0.05) is 17.5 Å². The summed E-state index contributed by atoms with van der Waals surface area (Å²) in [5.41, 5.74) is 1.02. The fourth-order valence-corrected chi connectivity index (χ4v) is 4.70. The molecular weight excluding hydrogens is 280 g/mol. The van der Waals surface area contributed by atoms with Crippen molar-refractivity contribution < 1.29 is 8.42 Å². The molecule has 2 atom stereocenters. The van der Waals surface area contributed by atoms with Crippen LogP contribution >= 0.6 is 11.3 Å². The Labute approximate surface area is 120 Å². The summed E-state index contributed by atoms with van der Waals surface area (Å²) in [6.07, 6.45) is 0.957. The van der Waals surface area contributed by atoms with E-state index in [1.807, 2.05) is 20.9 Å². The quantitative estimate of drug-likeness (QED) is 0.813. The normalized spacial score (nSPS) is 15.4. The van der Waals surface area contributed by atoms with Crippen molar-refractivity contribution in [2.24, 2.45) is 5.92 Å². The Morgan fingerprint density at radius 1 is 1.37 bits per heavy atom. The maximum atomic E-state index is 12.3. The first-order valence-electron chi connectivity index (χ1n) is 6.58. The molecule has 0 bridgehead atoms. The maximum absolute atomic E-state index is 12.3. The van der Waals surface area contributed by atoms with Crippen molar-refractivity contribution in [1.29, 1.82) is 0 Å². The first kappa shape index (κ1) is 16.6. The SMILES string of the molecule is CCC(C)C(C)NS(=O)(=O)c1cc(C)c(CNC)s1. The summed E-state index contributed by atoms with van der Waals surface area (Å²) in [5.74, 6) is 0.326. The van der Waals surface area contributed by atoms with Crippen LogP contribution in [0, 0.1) is 12.8 Å². The molecule has 1 heterocycles. The molecule has 110 valence electrons. The Kier molecular flexibility index (Phi) is 5.98. The monoisotopic (exact) mass is 304 g/mol.